The van der Waals surface area contributed by atoms with Gasteiger partial charge in [-0.25, -0.2) is 0 Å². The van der Waals surface area contributed by atoms with Gasteiger partial charge in [0, 0.05) is 30.8 Å². The lowest BCUT2D eigenvalue weighted by Crippen LogP contribution is -2.30. The first-order valence-electron chi connectivity index (χ1n) is 7.05. The normalized spacial score (nSPS) is 23.8. The van der Waals surface area contributed by atoms with E-state index >= 15 is 0 Å². The molecule has 0 heterocycles. The number of nitro groups is 1. The molecule has 0 aliphatic heterocycles. The van der Waals surface area contributed by atoms with E-state index in [4.69, 9.17) is 4.74 Å². The van der Waals surface area contributed by atoms with Crippen molar-refractivity contribution in [2.24, 2.45) is 0 Å². The van der Waals surface area contributed by atoms with Gasteiger partial charge in [0.25, 0.3) is 5.69 Å². The number of ether oxygens (including phenoxy) is 1. The summed E-state index contributed by atoms with van der Waals surface area (Å²) in [5, 5.41) is 14.5. The highest BCUT2D eigenvalue weighted by Crippen LogP contribution is 2.27. The van der Waals surface area contributed by atoms with E-state index in [1.165, 1.54) is 0 Å². The lowest BCUT2D eigenvalue weighted by Gasteiger charge is -2.20. The quantitative estimate of drug-likeness (QED) is 0.664. The Balaban J connectivity index is 2.04. The molecule has 20 heavy (non-hydrogen) atoms. The molecule has 2 rings (SSSR count). The molecule has 3 atom stereocenters. The molecule has 0 spiro atoms. The Morgan fingerprint density at radius 2 is 2.20 bits per heavy atom. The summed E-state index contributed by atoms with van der Waals surface area (Å²) in [5.41, 5.74) is 1.85. The van der Waals surface area contributed by atoms with Gasteiger partial charge < -0.3 is 10.1 Å². The summed E-state index contributed by atoms with van der Waals surface area (Å²) in [6.07, 6.45) is 3.52. The molecule has 0 amide bonds. The van der Waals surface area contributed by atoms with E-state index in [-0.39, 0.29) is 16.7 Å². The van der Waals surface area contributed by atoms with Crippen molar-refractivity contribution >= 4 is 5.69 Å². The van der Waals surface area contributed by atoms with E-state index in [9.17, 15) is 10.1 Å². The topological polar surface area (TPSA) is 64.4 Å². The van der Waals surface area contributed by atoms with Crippen LogP contribution in [0, 0.1) is 17.0 Å². The highest BCUT2D eigenvalue weighted by molar-refractivity contribution is 5.43. The van der Waals surface area contributed by atoms with Crippen LogP contribution in [-0.4, -0.2) is 24.2 Å². The Kier molecular flexibility index (Phi) is 4.73. The monoisotopic (exact) mass is 278 g/mol. The second kappa shape index (κ2) is 6.33. The van der Waals surface area contributed by atoms with Crippen LogP contribution in [0.4, 0.5) is 5.69 Å². The van der Waals surface area contributed by atoms with Gasteiger partial charge >= 0.3 is 0 Å². The van der Waals surface area contributed by atoms with E-state index < -0.39 is 0 Å². The molecule has 5 nitrogen and oxygen atoms in total. The second-order valence-corrected chi connectivity index (χ2v) is 5.56. The minimum absolute atomic E-state index is 0.106. The summed E-state index contributed by atoms with van der Waals surface area (Å²) in [5.74, 6) is 0. The molecule has 1 aliphatic rings. The largest absolute Gasteiger partial charge is 0.381 e. The van der Waals surface area contributed by atoms with Crippen LogP contribution in [0.3, 0.4) is 0 Å². The van der Waals surface area contributed by atoms with Gasteiger partial charge in [0.2, 0.25) is 0 Å². The predicted octanol–water partition coefficient (Wildman–Crippen LogP) is 3.12. The van der Waals surface area contributed by atoms with Crippen LogP contribution in [0.1, 0.15) is 43.4 Å². The van der Waals surface area contributed by atoms with Crippen molar-refractivity contribution in [3.8, 4) is 0 Å². The third kappa shape index (κ3) is 3.35. The summed E-state index contributed by atoms with van der Waals surface area (Å²) in [6, 6.07) is 5.99. The van der Waals surface area contributed by atoms with Gasteiger partial charge in [-0.1, -0.05) is 12.1 Å². The first-order valence-corrected chi connectivity index (χ1v) is 7.05. The molecule has 0 aromatic heterocycles. The lowest BCUT2D eigenvalue weighted by molar-refractivity contribution is -0.385. The molecular weight excluding hydrogens is 256 g/mol. The second-order valence-electron chi connectivity index (χ2n) is 5.56. The van der Waals surface area contributed by atoms with Gasteiger partial charge in [-0.05, 0) is 38.7 Å². The number of hydrogen-bond donors (Lipinski definition) is 1. The zero-order valence-corrected chi connectivity index (χ0v) is 12.3. The summed E-state index contributed by atoms with van der Waals surface area (Å²) in [4.78, 5) is 10.7. The Labute approximate surface area is 119 Å². The zero-order valence-electron chi connectivity index (χ0n) is 12.3. The summed E-state index contributed by atoms with van der Waals surface area (Å²) in [7, 11) is 1.75. The van der Waals surface area contributed by atoms with Crippen molar-refractivity contribution in [3.05, 3.63) is 39.4 Å². The van der Waals surface area contributed by atoms with Crippen LogP contribution in [0.5, 0.6) is 0 Å². The van der Waals surface area contributed by atoms with Crippen molar-refractivity contribution in [1.82, 2.24) is 5.32 Å². The van der Waals surface area contributed by atoms with Crippen molar-refractivity contribution in [1.29, 1.82) is 0 Å². The molecule has 1 aliphatic carbocycles. The molecule has 1 saturated carbocycles. The molecule has 1 N–H and O–H groups in total. The Morgan fingerprint density at radius 3 is 2.80 bits per heavy atom. The molecular formula is C15H22N2O3. The maximum absolute atomic E-state index is 11.0. The molecule has 5 heteroatoms. The van der Waals surface area contributed by atoms with Crippen molar-refractivity contribution < 1.29 is 9.66 Å². The molecule has 1 aromatic carbocycles. The van der Waals surface area contributed by atoms with Gasteiger partial charge in [0.15, 0.2) is 0 Å². The van der Waals surface area contributed by atoms with E-state index in [1.807, 2.05) is 12.1 Å². The Bertz CT molecular complexity index is 490. The highest BCUT2D eigenvalue weighted by Gasteiger charge is 2.26. The SMILES string of the molecule is COC1CCC(NC(C)c2ccc(C)c([N+](=O)[O-])c2)C1. The number of rotatable bonds is 5. The first kappa shape index (κ1) is 14.9. The first-order chi connectivity index (χ1) is 9.51. The minimum Gasteiger partial charge on any atom is -0.381 e. The van der Waals surface area contributed by atoms with Crippen LogP contribution in [0.25, 0.3) is 0 Å². The predicted molar refractivity (Wildman–Crippen MR) is 77.8 cm³/mol. The van der Waals surface area contributed by atoms with Gasteiger partial charge in [-0.2, -0.15) is 0 Å². The summed E-state index contributed by atoms with van der Waals surface area (Å²) >= 11 is 0. The third-order valence-electron chi connectivity index (χ3n) is 4.13. The fraction of sp³-hybridized carbons (Fsp3) is 0.600. The number of methoxy groups -OCH3 is 1. The third-order valence-corrected chi connectivity index (χ3v) is 4.13. The van der Waals surface area contributed by atoms with Crippen LogP contribution in [-0.2, 0) is 4.74 Å². The standard InChI is InChI=1S/C15H22N2O3/c1-10-4-5-12(8-15(10)17(18)19)11(2)16-13-6-7-14(9-13)20-3/h4-5,8,11,13-14,16H,6-7,9H2,1-3H3. The maximum Gasteiger partial charge on any atom is 0.272 e. The van der Waals surface area contributed by atoms with Gasteiger partial charge in [-0.3, -0.25) is 10.1 Å². The fourth-order valence-electron chi connectivity index (χ4n) is 2.85. The molecule has 0 bridgehead atoms. The van der Waals surface area contributed by atoms with Crippen LogP contribution in [0.15, 0.2) is 18.2 Å². The highest BCUT2D eigenvalue weighted by atomic mass is 16.6. The lowest BCUT2D eigenvalue weighted by atomic mass is 10.0. The van der Waals surface area contributed by atoms with E-state index in [0.717, 1.165) is 24.8 Å². The summed E-state index contributed by atoms with van der Waals surface area (Å²) in [6.45, 7) is 3.81. The van der Waals surface area contributed by atoms with Crippen molar-refractivity contribution in [3.63, 3.8) is 0 Å². The average Bonchev–Trinajstić information content (AvgIpc) is 2.86. The van der Waals surface area contributed by atoms with Crippen LogP contribution in [0.2, 0.25) is 0 Å². The number of hydrogen-bond acceptors (Lipinski definition) is 4. The smallest absolute Gasteiger partial charge is 0.272 e. The number of nitrogens with one attached hydrogen (secondary N) is 1. The number of nitro benzene ring substituents is 1. The van der Waals surface area contributed by atoms with Crippen molar-refractivity contribution in [2.75, 3.05) is 7.11 Å². The fourth-order valence-corrected chi connectivity index (χ4v) is 2.85. The van der Waals surface area contributed by atoms with E-state index in [1.54, 1.807) is 20.1 Å². The molecule has 0 radical (unpaired) electrons. The van der Waals surface area contributed by atoms with Crippen LogP contribution >= 0.6 is 0 Å². The Morgan fingerprint density at radius 1 is 1.45 bits per heavy atom. The summed E-state index contributed by atoms with van der Waals surface area (Å²) < 4.78 is 5.37. The molecule has 1 fully saturated rings. The molecule has 0 saturated heterocycles. The Hall–Kier alpha value is -1.46. The maximum atomic E-state index is 11.0. The number of nitrogens with zero attached hydrogens (tertiary/aromatic N) is 1. The molecule has 1 aromatic rings. The molecule has 110 valence electrons. The van der Waals surface area contributed by atoms with Gasteiger partial charge in [-0.15, -0.1) is 0 Å². The zero-order chi connectivity index (χ0) is 14.7. The molecule has 3 unspecified atom stereocenters. The van der Waals surface area contributed by atoms with E-state index in [2.05, 4.69) is 12.2 Å². The number of aryl methyl sites for hydroxylation is 1. The van der Waals surface area contributed by atoms with Crippen LogP contribution < -0.4 is 5.32 Å². The van der Waals surface area contributed by atoms with Gasteiger partial charge in [0.05, 0.1) is 11.0 Å². The minimum atomic E-state index is -0.317. The van der Waals surface area contributed by atoms with Gasteiger partial charge in [0.1, 0.15) is 0 Å². The average molecular weight is 278 g/mol. The van der Waals surface area contributed by atoms with E-state index in [0.29, 0.717) is 17.7 Å². The number of benzene rings is 1. The van der Waals surface area contributed by atoms with Crippen molar-refractivity contribution in [2.45, 2.75) is 51.3 Å².